The quantitative estimate of drug-likeness (QED) is 0.196. The summed E-state index contributed by atoms with van der Waals surface area (Å²) in [7, 11) is 1.26. The average Bonchev–Trinajstić information content (AvgIpc) is 3.29. The van der Waals surface area contributed by atoms with Crippen LogP contribution in [0.3, 0.4) is 0 Å². The van der Waals surface area contributed by atoms with Gasteiger partial charge >= 0.3 is 6.18 Å². The van der Waals surface area contributed by atoms with Crippen molar-refractivity contribution in [1.82, 2.24) is 39.1 Å². The Kier molecular flexibility index (Phi) is 6.31. The molecule has 6 rings (SSSR count). The van der Waals surface area contributed by atoms with E-state index in [0.29, 0.717) is 12.5 Å². The molecule has 1 aromatic carbocycles. The second-order valence-electron chi connectivity index (χ2n) is 9.55. The number of ketones is 1. The molecule has 10 nitrogen and oxygen atoms in total. The number of Topliss-reactive ketones (excluding diaryl/α,β-unsaturated/α-hetero) is 1. The van der Waals surface area contributed by atoms with Gasteiger partial charge in [0.2, 0.25) is 0 Å². The first-order valence-corrected chi connectivity index (χ1v) is 12.4. The van der Waals surface area contributed by atoms with Crippen molar-refractivity contribution in [3.8, 4) is 11.4 Å². The van der Waals surface area contributed by atoms with Gasteiger partial charge in [-0.1, -0.05) is 11.3 Å². The average molecular weight is 555 g/mol. The number of hydrogen-bond acceptors (Lipinski definition) is 7. The molecule has 206 valence electrons. The molecule has 0 bridgehead atoms. The van der Waals surface area contributed by atoms with Crippen molar-refractivity contribution < 1.29 is 27.1 Å². The van der Waals surface area contributed by atoms with Crippen LogP contribution in [-0.2, 0) is 19.1 Å². The highest BCUT2D eigenvalue weighted by molar-refractivity contribution is 5.94. The van der Waals surface area contributed by atoms with Gasteiger partial charge in [-0.25, -0.2) is 23.7 Å². The summed E-state index contributed by atoms with van der Waals surface area (Å²) in [5.74, 6) is -2.09. The standard InChI is InChI=1S/C26H22F4N8O2/c1-40-22-8-6-20(38-14-31-25(34-38)26(28,29)30)18(24(22)27)5-7-21(39)19-13-37(35-33-19)12-17-11-36-10-16(15-2-3-15)4-9-23(36)32-17/h4,6,8-11,13-15H,2-3,5,7,12H2,1H3. The van der Waals surface area contributed by atoms with E-state index in [9.17, 15) is 18.0 Å². The summed E-state index contributed by atoms with van der Waals surface area (Å²) < 4.78 is 63.5. The third kappa shape index (κ3) is 5.03. The Morgan fingerprint density at radius 1 is 1.12 bits per heavy atom. The fourth-order valence-corrected chi connectivity index (χ4v) is 4.54. The lowest BCUT2D eigenvalue weighted by Crippen LogP contribution is -2.11. The van der Waals surface area contributed by atoms with Crippen LogP contribution in [0.2, 0.25) is 0 Å². The fraction of sp³-hybridized carbons (Fsp3) is 0.308. The summed E-state index contributed by atoms with van der Waals surface area (Å²) in [4.78, 5) is 20.8. The van der Waals surface area contributed by atoms with Crippen molar-refractivity contribution in [2.75, 3.05) is 7.11 Å². The second kappa shape index (κ2) is 9.84. The number of fused-ring (bicyclic) bond motifs is 1. The van der Waals surface area contributed by atoms with Gasteiger partial charge < -0.3 is 9.14 Å². The minimum absolute atomic E-state index is 0.00875. The van der Waals surface area contributed by atoms with E-state index in [1.165, 1.54) is 48.5 Å². The van der Waals surface area contributed by atoms with Crippen LogP contribution in [0.1, 0.15) is 58.3 Å². The number of hydrogen-bond donors (Lipinski definition) is 0. The number of imidazole rings is 1. The van der Waals surface area contributed by atoms with E-state index in [4.69, 9.17) is 4.74 Å². The number of halogens is 4. The number of benzene rings is 1. The number of aromatic nitrogens is 8. The van der Waals surface area contributed by atoms with Gasteiger partial charge in [-0.2, -0.15) is 13.2 Å². The molecule has 1 fully saturated rings. The molecule has 0 saturated heterocycles. The molecule has 0 spiro atoms. The van der Waals surface area contributed by atoms with Gasteiger partial charge in [-0.05, 0) is 48.9 Å². The Balaban J connectivity index is 1.17. The largest absolute Gasteiger partial charge is 0.494 e. The minimum Gasteiger partial charge on any atom is -0.494 e. The van der Waals surface area contributed by atoms with Crippen LogP contribution in [0.15, 0.2) is 49.2 Å². The highest BCUT2D eigenvalue weighted by atomic mass is 19.4. The smallest absolute Gasteiger partial charge is 0.453 e. The summed E-state index contributed by atoms with van der Waals surface area (Å²) >= 11 is 0. The number of carbonyl (C=O) groups excluding carboxylic acids is 1. The van der Waals surface area contributed by atoms with Crippen LogP contribution >= 0.6 is 0 Å². The summed E-state index contributed by atoms with van der Waals surface area (Å²) in [6.45, 7) is 0.295. The number of ether oxygens (including phenoxy) is 1. The predicted molar refractivity (Wildman–Crippen MR) is 132 cm³/mol. The Morgan fingerprint density at radius 3 is 2.67 bits per heavy atom. The first kappa shape index (κ1) is 25.6. The summed E-state index contributed by atoms with van der Waals surface area (Å²) in [6, 6.07) is 6.69. The molecule has 4 heterocycles. The third-order valence-electron chi connectivity index (χ3n) is 6.72. The highest BCUT2D eigenvalue weighted by Gasteiger charge is 2.36. The Bertz CT molecular complexity index is 1720. The molecule has 1 aliphatic rings. The van der Waals surface area contributed by atoms with Crippen LogP contribution in [0.25, 0.3) is 11.3 Å². The van der Waals surface area contributed by atoms with E-state index in [1.807, 2.05) is 16.7 Å². The molecule has 0 aliphatic heterocycles. The van der Waals surface area contributed by atoms with Crippen LogP contribution in [0, 0.1) is 5.82 Å². The van der Waals surface area contributed by atoms with Gasteiger partial charge in [0.15, 0.2) is 17.3 Å². The lowest BCUT2D eigenvalue weighted by atomic mass is 10.0. The van der Waals surface area contributed by atoms with E-state index in [1.54, 1.807) is 0 Å². The SMILES string of the molecule is COc1ccc(-n2cnc(C(F)(F)F)n2)c(CCC(=O)c2cn(Cc3cn4cc(C5CC5)ccc4n3)nn2)c1F. The molecule has 4 aromatic heterocycles. The Labute approximate surface area is 224 Å². The van der Waals surface area contributed by atoms with Gasteiger partial charge in [-0.3, -0.25) is 4.79 Å². The number of rotatable bonds is 9. The minimum atomic E-state index is -4.76. The summed E-state index contributed by atoms with van der Waals surface area (Å²) in [5, 5.41) is 11.4. The van der Waals surface area contributed by atoms with Crippen LogP contribution < -0.4 is 4.74 Å². The van der Waals surface area contributed by atoms with Gasteiger partial charge in [0.05, 0.1) is 31.2 Å². The topological polar surface area (TPSA) is 105 Å². The molecule has 1 aliphatic carbocycles. The normalized spacial score (nSPS) is 13.7. The maximum atomic E-state index is 15.2. The maximum Gasteiger partial charge on any atom is 0.453 e. The lowest BCUT2D eigenvalue weighted by Gasteiger charge is -2.13. The first-order valence-electron chi connectivity index (χ1n) is 12.4. The molecule has 0 atom stereocenters. The summed E-state index contributed by atoms with van der Waals surface area (Å²) in [6.07, 6.45) is 3.62. The van der Waals surface area contributed by atoms with Crippen molar-refractivity contribution in [1.29, 1.82) is 0 Å². The number of carbonyl (C=O) groups is 1. The first-order chi connectivity index (χ1) is 19.2. The van der Waals surface area contributed by atoms with E-state index >= 15 is 4.39 Å². The van der Waals surface area contributed by atoms with Crippen molar-refractivity contribution in [3.05, 3.63) is 83.3 Å². The summed E-state index contributed by atoms with van der Waals surface area (Å²) in [5.41, 5.74) is 2.87. The zero-order valence-corrected chi connectivity index (χ0v) is 21.1. The van der Waals surface area contributed by atoms with Gasteiger partial charge in [0.1, 0.15) is 17.7 Å². The number of nitrogens with zero attached hydrogens (tertiary/aromatic N) is 8. The van der Waals surface area contributed by atoms with E-state index in [0.717, 1.165) is 22.4 Å². The van der Waals surface area contributed by atoms with Crippen LogP contribution in [0.4, 0.5) is 17.6 Å². The molecule has 0 N–H and O–H groups in total. The molecule has 0 unspecified atom stereocenters. The molecule has 0 radical (unpaired) electrons. The number of alkyl halides is 3. The Hall–Kier alpha value is -4.62. The third-order valence-corrected chi connectivity index (χ3v) is 6.72. The monoisotopic (exact) mass is 554 g/mol. The van der Waals surface area contributed by atoms with Crippen LogP contribution in [-0.4, -0.2) is 52.0 Å². The van der Waals surface area contributed by atoms with Crippen molar-refractivity contribution >= 4 is 11.4 Å². The van der Waals surface area contributed by atoms with E-state index < -0.39 is 23.6 Å². The van der Waals surface area contributed by atoms with E-state index in [2.05, 4.69) is 37.6 Å². The molecular weight excluding hydrogens is 532 g/mol. The van der Waals surface area contributed by atoms with E-state index in [-0.39, 0.29) is 35.5 Å². The van der Waals surface area contributed by atoms with Crippen molar-refractivity contribution in [3.63, 3.8) is 0 Å². The zero-order valence-electron chi connectivity index (χ0n) is 21.1. The molecule has 40 heavy (non-hydrogen) atoms. The highest BCUT2D eigenvalue weighted by Crippen LogP contribution is 2.40. The molecule has 5 aromatic rings. The zero-order chi connectivity index (χ0) is 28.0. The molecule has 1 saturated carbocycles. The fourth-order valence-electron chi connectivity index (χ4n) is 4.54. The van der Waals surface area contributed by atoms with Crippen LogP contribution in [0.5, 0.6) is 5.75 Å². The van der Waals surface area contributed by atoms with Gasteiger partial charge in [-0.15, -0.1) is 10.2 Å². The van der Waals surface area contributed by atoms with Gasteiger partial charge in [0, 0.05) is 24.4 Å². The lowest BCUT2D eigenvalue weighted by molar-refractivity contribution is -0.144. The predicted octanol–water partition coefficient (Wildman–Crippen LogP) is 4.41. The molecular formula is C26H22F4N8O2. The van der Waals surface area contributed by atoms with Crippen molar-refractivity contribution in [2.24, 2.45) is 0 Å². The number of pyridine rings is 1. The Morgan fingerprint density at radius 2 is 1.95 bits per heavy atom. The van der Waals surface area contributed by atoms with Gasteiger partial charge in [0.25, 0.3) is 5.82 Å². The molecule has 0 amide bonds. The maximum absolute atomic E-state index is 15.2. The second-order valence-corrected chi connectivity index (χ2v) is 9.55. The molecule has 14 heteroatoms. The van der Waals surface area contributed by atoms with Crippen molar-refractivity contribution in [2.45, 2.75) is 44.3 Å². The number of methoxy groups -OCH3 is 1.